The van der Waals surface area contributed by atoms with E-state index in [1.54, 1.807) is 19.2 Å². The quantitative estimate of drug-likeness (QED) is 0.469. The second-order valence-corrected chi connectivity index (χ2v) is 1.31. The molecule has 0 aliphatic rings. The van der Waals surface area contributed by atoms with Crippen molar-refractivity contribution < 1.29 is 0 Å². The summed E-state index contributed by atoms with van der Waals surface area (Å²) in [6, 6.07) is 1.90. The van der Waals surface area contributed by atoms with E-state index in [-0.39, 0.29) is 0 Å². The van der Waals surface area contributed by atoms with Gasteiger partial charge in [-0.05, 0) is 13.8 Å². The topological polar surface area (TPSA) is 36.1 Å². The summed E-state index contributed by atoms with van der Waals surface area (Å²) in [6.07, 6.45) is 3.37. The third-order valence-corrected chi connectivity index (χ3v) is 0.579. The molecule has 0 amide bonds. The van der Waals surface area contributed by atoms with Crippen LogP contribution in [0.2, 0.25) is 0 Å². The van der Waals surface area contributed by atoms with E-state index in [2.05, 4.69) is 4.99 Å². The van der Waals surface area contributed by atoms with Crippen molar-refractivity contribution in [3.63, 3.8) is 0 Å². The van der Waals surface area contributed by atoms with Gasteiger partial charge in [0, 0.05) is 6.20 Å². The molecule has 2 heteroatoms. The molecule has 42 valence electrons. The van der Waals surface area contributed by atoms with E-state index < -0.39 is 0 Å². The average Bonchev–Trinajstić information content (AvgIpc) is 1.83. The number of aliphatic imine (C=N–C) groups is 1. The molecule has 8 heavy (non-hydrogen) atoms. The van der Waals surface area contributed by atoms with Crippen molar-refractivity contribution in [1.29, 1.82) is 5.26 Å². The summed E-state index contributed by atoms with van der Waals surface area (Å²) in [7, 11) is 0. The summed E-state index contributed by atoms with van der Waals surface area (Å²) >= 11 is 0. The highest BCUT2D eigenvalue weighted by molar-refractivity contribution is 5.96. The first-order chi connectivity index (χ1) is 3.81. The summed E-state index contributed by atoms with van der Waals surface area (Å²) < 4.78 is 0. The molecular formula is C6H8N2. The number of rotatable bonds is 1. The molecule has 0 rings (SSSR count). The van der Waals surface area contributed by atoms with Crippen LogP contribution < -0.4 is 0 Å². The van der Waals surface area contributed by atoms with Crippen molar-refractivity contribution in [2.45, 2.75) is 13.8 Å². The Labute approximate surface area is 49.2 Å². The summed E-state index contributed by atoms with van der Waals surface area (Å²) in [5, 5.41) is 8.15. The van der Waals surface area contributed by atoms with Crippen LogP contribution in [0.25, 0.3) is 0 Å². The second kappa shape index (κ2) is 4.07. The minimum Gasteiger partial charge on any atom is -0.251 e. The Bertz CT molecular complexity index is 148. The largest absolute Gasteiger partial charge is 0.251 e. The molecule has 0 unspecified atom stereocenters. The van der Waals surface area contributed by atoms with Crippen molar-refractivity contribution >= 4 is 5.71 Å². The van der Waals surface area contributed by atoms with Crippen LogP contribution >= 0.6 is 0 Å². The lowest BCUT2D eigenvalue weighted by molar-refractivity contribution is 1.48. The van der Waals surface area contributed by atoms with Gasteiger partial charge in [0.15, 0.2) is 0 Å². The molecule has 0 aliphatic heterocycles. The fourth-order valence-corrected chi connectivity index (χ4v) is 0.215. The summed E-state index contributed by atoms with van der Waals surface area (Å²) in [5.74, 6) is 0. The lowest BCUT2D eigenvalue weighted by Gasteiger charge is -1.75. The number of allylic oxidation sites excluding steroid dienone is 1. The van der Waals surface area contributed by atoms with E-state index in [1.165, 1.54) is 0 Å². The van der Waals surface area contributed by atoms with Crippen LogP contribution in [0.3, 0.4) is 0 Å². The molecule has 0 saturated heterocycles. The van der Waals surface area contributed by atoms with Crippen molar-refractivity contribution in [2.24, 2.45) is 4.99 Å². The zero-order valence-electron chi connectivity index (χ0n) is 5.05. The lowest BCUT2D eigenvalue weighted by Crippen LogP contribution is -1.79. The standard InChI is InChI=1S/C6H8N2/c1-3-4-8-6(2)5-7/h3-4H,1-2H3/b4-3-,8-6?. The maximum atomic E-state index is 8.15. The van der Waals surface area contributed by atoms with Gasteiger partial charge in [-0.1, -0.05) is 6.08 Å². The van der Waals surface area contributed by atoms with Gasteiger partial charge in [-0.25, -0.2) is 0 Å². The molecule has 0 radical (unpaired) electrons. The monoisotopic (exact) mass is 108 g/mol. The molecule has 0 bridgehead atoms. The van der Waals surface area contributed by atoms with Gasteiger partial charge in [0.05, 0.1) is 0 Å². The third kappa shape index (κ3) is 3.10. The van der Waals surface area contributed by atoms with Crippen LogP contribution in [0.15, 0.2) is 17.3 Å². The fourth-order valence-electron chi connectivity index (χ4n) is 0.215. The Morgan fingerprint density at radius 1 is 1.75 bits per heavy atom. The first kappa shape index (κ1) is 6.90. The van der Waals surface area contributed by atoms with Crippen LogP contribution in [0.1, 0.15) is 13.8 Å². The molecule has 0 spiro atoms. The summed E-state index contributed by atoms with van der Waals surface area (Å²) in [4.78, 5) is 3.74. The minimum absolute atomic E-state index is 0.489. The fraction of sp³-hybridized carbons (Fsp3) is 0.333. The van der Waals surface area contributed by atoms with Crippen LogP contribution in [-0.2, 0) is 0 Å². The molecule has 0 N–H and O–H groups in total. The van der Waals surface area contributed by atoms with Gasteiger partial charge in [0.25, 0.3) is 0 Å². The van der Waals surface area contributed by atoms with Gasteiger partial charge in [-0.3, -0.25) is 4.99 Å². The highest BCUT2D eigenvalue weighted by Crippen LogP contribution is 1.76. The Balaban J connectivity index is 3.81. The lowest BCUT2D eigenvalue weighted by atomic mass is 10.5. The first-order valence-corrected chi connectivity index (χ1v) is 2.37. The molecule has 0 aromatic rings. The van der Waals surface area contributed by atoms with Gasteiger partial charge >= 0.3 is 0 Å². The van der Waals surface area contributed by atoms with Gasteiger partial charge in [-0.15, -0.1) is 0 Å². The van der Waals surface area contributed by atoms with Crippen molar-refractivity contribution in [2.75, 3.05) is 0 Å². The van der Waals surface area contributed by atoms with E-state index in [1.807, 2.05) is 13.0 Å². The van der Waals surface area contributed by atoms with E-state index in [4.69, 9.17) is 5.26 Å². The Hall–Kier alpha value is -1.10. The maximum Gasteiger partial charge on any atom is 0.115 e. The molecule has 0 aliphatic carbocycles. The summed E-state index contributed by atoms with van der Waals surface area (Å²) in [5.41, 5.74) is 0.489. The zero-order chi connectivity index (χ0) is 6.41. The molecule has 0 atom stereocenters. The molecule has 0 fully saturated rings. The Morgan fingerprint density at radius 2 is 2.38 bits per heavy atom. The summed E-state index contributed by atoms with van der Waals surface area (Å²) in [6.45, 7) is 3.52. The van der Waals surface area contributed by atoms with Gasteiger partial charge in [0.1, 0.15) is 11.8 Å². The van der Waals surface area contributed by atoms with Gasteiger partial charge in [0.2, 0.25) is 0 Å². The van der Waals surface area contributed by atoms with E-state index in [0.29, 0.717) is 5.71 Å². The Kier molecular flexibility index (Phi) is 3.51. The zero-order valence-corrected chi connectivity index (χ0v) is 5.05. The minimum atomic E-state index is 0.489. The third-order valence-electron chi connectivity index (χ3n) is 0.579. The first-order valence-electron chi connectivity index (χ1n) is 2.37. The van der Waals surface area contributed by atoms with Crippen LogP contribution in [0, 0.1) is 11.3 Å². The predicted molar refractivity (Wildman–Crippen MR) is 33.5 cm³/mol. The van der Waals surface area contributed by atoms with E-state index >= 15 is 0 Å². The highest BCUT2D eigenvalue weighted by atomic mass is 14.7. The van der Waals surface area contributed by atoms with Crippen molar-refractivity contribution in [1.82, 2.24) is 0 Å². The number of hydrogen-bond donors (Lipinski definition) is 0. The molecule has 0 aromatic heterocycles. The van der Waals surface area contributed by atoms with Crippen LogP contribution in [-0.4, -0.2) is 5.71 Å². The van der Waals surface area contributed by atoms with E-state index in [9.17, 15) is 0 Å². The number of nitriles is 1. The number of nitrogens with zero attached hydrogens (tertiary/aromatic N) is 2. The SMILES string of the molecule is C/C=C\N=C(C)C#N. The van der Waals surface area contributed by atoms with Gasteiger partial charge < -0.3 is 0 Å². The second-order valence-electron chi connectivity index (χ2n) is 1.31. The Morgan fingerprint density at radius 3 is 2.75 bits per heavy atom. The highest BCUT2D eigenvalue weighted by Gasteiger charge is 1.76. The predicted octanol–water partition coefficient (Wildman–Crippen LogP) is 1.50. The molecule has 0 heterocycles. The van der Waals surface area contributed by atoms with Gasteiger partial charge in [-0.2, -0.15) is 5.26 Å². The smallest absolute Gasteiger partial charge is 0.115 e. The van der Waals surface area contributed by atoms with Crippen LogP contribution in [0.4, 0.5) is 0 Å². The molecular weight excluding hydrogens is 100 g/mol. The molecule has 2 nitrogen and oxygen atoms in total. The van der Waals surface area contributed by atoms with Crippen molar-refractivity contribution in [3.05, 3.63) is 12.3 Å². The van der Waals surface area contributed by atoms with Crippen molar-refractivity contribution in [3.8, 4) is 6.07 Å². The normalized spacial score (nSPS) is 11.9. The number of hydrogen-bond acceptors (Lipinski definition) is 2. The maximum absolute atomic E-state index is 8.15. The average molecular weight is 108 g/mol. The molecule has 0 saturated carbocycles. The molecule has 0 aromatic carbocycles. The van der Waals surface area contributed by atoms with Crippen LogP contribution in [0.5, 0.6) is 0 Å². The van der Waals surface area contributed by atoms with E-state index in [0.717, 1.165) is 0 Å².